The van der Waals surface area contributed by atoms with Crippen LogP contribution in [0.25, 0.3) is 0 Å². The second kappa shape index (κ2) is 4.96. The average Bonchev–Trinajstić information content (AvgIpc) is 2.05. The van der Waals surface area contributed by atoms with E-state index >= 15 is 0 Å². The van der Waals surface area contributed by atoms with Gasteiger partial charge in [0.15, 0.2) is 5.78 Å². The summed E-state index contributed by atoms with van der Waals surface area (Å²) in [5.74, 6) is 0.197. The lowest BCUT2D eigenvalue weighted by Gasteiger charge is -2.17. The van der Waals surface area contributed by atoms with Crippen molar-refractivity contribution in [3.05, 3.63) is 12.3 Å². The molecule has 0 fully saturated rings. The molecule has 1 aliphatic rings. The Morgan fingerprint density at radius 3 is 3.08 bits per heavy atom. The Morgan fingerprint density at radius 1 is 1.58 bits per heavy atom. The van der Waals surface area contributed by atoms with Crippen LogP contribution < -0.4 is 0 Å². The molecule has 0 aromatic rings. The number of hydrogen-bond donors (Lipinski definition) is 0. The van der Waals surface area contributed by atoms with Gasteiger partial charge in [0.25, 0.3) is 0 Å². The molecule has 2 heteroatoms. The number of ketones is 1. The molecule has 68 valence electrons. The second-order valence-electron chi connectivity index (χ2n) is 3.23. The number of hydrogen-bond acceptors (Lipinski definition) is 2. The third kappa shape index (κ3) is 3.07. The summed E-state index contributed by atoms with van der Waals surface area (Å²) >= 11 is 0. The summed E-state index contributed by atoms with van der Waals surface area (Å²) in [5.41, 5.74) is 0. The zero-order valence-electron chi connectivity index (χ0n) is 7.58. The molecule has 0 N–H and O–H groups in total. The Balaban J connectivity index is 2.16. The zero-order chi connectivity index (χ0) is 8.81. The van der Waals surface area contributed by atoms with Crippen LogP contribution in [-0.4, -0.2) is 11.9 Å². The van der Waals surface area contributed by atoms with Crippen LogP contribution >= 0.6 is 0 Å². The first kappa shape index (κ1) is 9.30. The summed E-state index contributed by atoms with van der Waals surface area (Å²) in [4.78, 5) is 10.9. The van der Waals surface area contributed by atoms with Gasteiger partial charge in [-0.05, 0) is 12.8 Å². The highest BCUT2D eigenvalue weighted by Crippen LogP contribution is 2.14. The molecule has 0 saturated heterocycles. The van der Waals surface area contributed by atoms with Crippen LogP contribution in [0, 0.1) is 0 Å². The Morgan fingerprint density at radius 2 is 2.42 bits per heavy atom. The van der Waals surface area contributed by atoms with Crippen molar-refractivity contribution in [2.24, 2.45) is 0 Å². The molecule has 1 aliphatic heterocycles. The molecule has 0 aromatic heterocycles. The van der Waals surface area contributed by atoms with E-state index in [0.717, 1.165) is 6.42 Å². The van der Waals surface area contributed by atoms with Gasteiger partial charge >= 0.3 is 0 Å². The minimum Gasteiger partial charge on any atom is -0.497 e. The molecule has 2 nitrogen and oxygen atoms in total. The summed E-state index contributed by atoms with van der Waals surface area (Å²) in [5, 5.41) is 0. The molecule has 0 bridgehead atoms. The van der Waals surface area contributed by atoms with E-state index < -0.39 is 0 Å². The molecule has 0 spiro atoms. The van der Waals surface area contributed by atoms with Crippen LogP contribution in [-0.2, 0) is 9.53 Å². The molecule has 1 atom stereocenters. The smallest absolute Gasteiger partial charge is 0.162 e. The number of carbonyl (C=O) groups is 1. The summed E-state index contributed by atoms with van der Waals surface area (Å²) in [6.45, 7) is 2.17. The van der Waals surface area contributed by atoms with E-state index in [9.17, 15) is 4.79 Å². The van der Waals surface area contributed by atoms with Crippen molar-refractivity contribution in [3.63, 3.8) is 0 Å². The van der Waals surface area contributed by atoms with Crippen LogP contribution in [0.3, 0.4) is 0 Å². The molecule has 0 aromatic carbocycles. The fraction of sp³-hybridized carbons (Fsp3) is 0.700. The van der Waals surface area contributed by atoms with Crippen molar-refractivity contribution >= 4 is 5.78 Å². The van der Waals surface area contributed by atoms with E-state index in [1.54, 1.807) is 0 Å². The number of allylic oxidation sites excluding steroid dienone is 1. The number of carbonyl (C=O) groups excluding carboxylic acids is 1. The normalized spacial score (nSPS) is 22.4. The lowest BCUT2D eigenvalue weighted by atomic mass is 10.0. The Labute approximate surface area is 73.6 Å². The third-order valence-corrected chi connectivity index (χ3v) is 2.08. The van der Waals surface area contributed by atoms with Gasteiger partial charge in [-0.3, -0.25) is 4.79 Å². The third-order valence-electron chi connectivity index (χ3n) is 2.08. The van der Waals surface area contributed by atoms with Gasteiger partial charge in [0.05, 0.1) is 6.26 Å². The van der Waals surface area contributed by atoms with E-state index in [-0.39, 0.29) is 11.9 Å². The molecule has 1 heterocycles. The van der Waals surface area contributed by atoms with Crippen LogP contribution in [0.5, 0.6) is 0 Å². The van der Waals surface area contributed by atoms with Crippen molar-refractivity contribution < 1.29 is 9.53 Å². The summed E-state index contributed by atoms with van der Waals surface area (Å²) in [7, 11) is 0. The zero-order valence-corrected chi connectivity index (χ0v) is 7.58. The molecule has 0 unspecified atom stereocenters. The van der Waals surface area contributed by atoms with Crippen molar-refractivity contribution in [3.8, 4) is 0 Å². The Hall–Kier alpha value is -0.790. The first-order valence-corrected chi connectivity index (χ1v) is 4.67. The predicted octanol–water partition coefficient (Wildman–Crippen LogP) is 2.44. The lowest BCUT2D eigenvalue weighted by molar-refractivity contribution is -0.118. The van der Waals surface area contributed by atoms with Crippen LogP contribution in [0.15, 0.2) is 12.3 Å². The molecular formula is C10H16O2. The van der Waals surface area contributed by atoms with Crippen molar-refractivity contribution in [2.75, 3.05) is 0 Å². The second-order valence-corrected chi connectivity index (χ2v) is 3.23. The lowest BCUT2D eigenvalue weighted by Crippen LogP contribution is -2.18. The van der Waals surface area contributed by atoms with Crippen molar-refractivity contribution in [2.45, 2.75) is 45.1 Å². The van der Waals surface area contributed by atoms with E-state index in [1.165, 1.54) is 31.6 Å². The van der Waals surface area contributed by atoms with Gasteiger partial charge in [0, 0.05) is 12.5 Å². The first-order valence-electron chi connectivity index (χ1n) is 4.67. The molecule has 0 aliphatic carbocycles. The summed E-state index contributed by atoms with van der Waals surface area (Å²) in [6.07, 6.45) is 8.40. The first-order chi connectivity index (χ1) is 5.83. The highest BCUT2D eigenvalue weighted by Gasteiger charge is 2.15. The van der Waals surface area contributed by atoms with E-state index in [2.05, 4.69) is 6.92 Å². The van der Waals surface area contributed by atoms with Crippen LogP contribution in [0.4, 0.5) is 0 Å². The largest absolute Gasteiger partial charge is 0.497 e. The predicted molar refractivity (Wildman–Crippen MR) is 47.8 cm³/mol. The highest BCUT2D eigenvalue weighted by atomic mass is 16.5. The Bertz CT molecular complexity index is 173. The number of ether oxygens (including phenoxy) is 1. The van der Waals surface area contributed by atoms with Gasteiger partial charge < -0.3 is 4.74 Å². The summed E-state index contributed by atoms with van der Waals surface area (Å²) in [6, 6.07) is 0. The molecular weight excluding hydrogens is 152 g/mol. The van der Waals surface area contributed by atoms with Gasteiger partial charge in [0.2, 0.25) is 0 Å². The van der Waals surface area contributed by atoms with Crippen LogP contribution in [0.1, 0.15) is 39.0 Å². The maximum Gasteiger partial charge on any atom is 0.162 e. The number of unbranched alkanes of at least 4 members (excludes halogenated alkanes) is 2. The van der Waals surface area contributed by atoms with E-state index in [1.807, 2.05) is 0 Å². The molecule has 0 saturated carbocycles. The highest BCUT2D eigenvalue weighted by molar-refractivity contribution is 5.90. The van der Waals surface area contributed by atoms with E-state index in [0.29, 0.717) is 6.42 Å². The number of rotatable bonds is 4. The topological polar surface area (TPSA) is 26.3 Å². The maximum atomic E-state index is 10.9. The Kier molecular flexibility index (Phi) is 3.85. The van der Waals surface area contributed by atoms with Gasteiger partial charge in [-0.2, -0.15) is 0 Å². The molecule has 0 amide bonds. The van der Waals surface area contributed by atoms with Gasteiger partial charge in [-0.15, -0.1) is 0 Å². The molecule has 12 heavy (non-hydrogen) atoms. The van der Waals surface area contributed by atoms with Crippen LogP contribution in [0.2, 0.25) is 0 Å². The fourth-order valence-corrected chi connectivity index (χ4v) is 1.36. The maximum absolute atomic E-state index is 10.9. The monoisotopic (exact) mass is 168 g/mol. The fourth-order valence-electron chi connectivity index (χ4n) is 1.36. The standard InChI is InChI=1S/C10H16O2/c1-2-3-4-5-10-8-9(11)6-7-12-10/h6-7,10H,2-5,8H2,1H3/t10-/m0/s1. The molecule has 0 radical (unpaired) electrons. The van der Waals surface area contributed by atoms with Gasteiger partial charge in [-0.1, -0.05) is 19.8 Å². The molecule has 1 rings (SSSR count). The van der Waals surface area contributed by atoms with Gasteiger partial charge in [0.1, 0.15) is 6.10 Å². The van der Waals surface area contributed by atoms with Crippen molar-refractivity contribution in [1.82, 2.24) is 0 Å². The minimum atomic E-state index is 0.147. The van der Waals surface area contributed by atoms with Gasteiger partial charge in [-0.25, -0.2) is 0 Å². The summed E-state index contributed by atoms with van der Waals surface area (Å²) < 4.78 is 5.29. The minimum absolute atomic E-state index is 0.147. The SMILES string of the molecule is CCCCC[C@H]1CC(=O)C=CO1. The quantitative estimate of drug-likeness (QED) is 0.603. The van der Waals surface area contributed by atoms with E-state index in [4.69, 9.17) is 4.74 Å². The average molecular weight is 168 g/mol. The van der Waals surface area contributed by atoms with Crippen molar-refractivity contribution in [1.29, 1.82) is 0 Å².